The maximum absolute atomic E-state index is 12.5. The second-order valence-electron chi connectivity index (χ2n) is 9.58. The zero-order valence-corrected chi connectivity index (χ0v) is 21.3. The molecule has 1 fully saturated rings. The molecule has 2 aromatic rings. The van der Waals surface area contributed by atoms with E-state index in [0.29, 0.717) is 17.5 Å². The maximum Gasteiger partial charge on any atom is 0.223 e. The standard InChI is InChI=1S/C28H37N3O3/c1-19-15-22-16-27(33-5)28(34-6)17-25(22)26(18-31(19)20(2)32)21-7-9-23(10-8-21)30(4)24-11-13-29(3)14-12-24/h7-10,16-19,24H,11-15H2,1-6H3. The molecule has 1 unspecified atom stereocenters. The average Bonchev–Trinajstić information content (AvgIpc) is 2.98. The molecular weight excluding hydrogens is 426 g/mol. The van der Waals surface area contributed by atoms with Crippen molar-refractivity contribution in [2.45, 2.75) is 45.2 Å². The van der Waals surface area contributed by atoms with E-state index in [2.05, 4.69) is 55.1 Å². The second-order valence-corrected chi connectivity index (χ2v) is 9.58. The summed E-state index contributed by atoms with van der Waals surface area (Å²) in [4.78, 5) is 19.1. The van der Waals surface area contributed by atoms with Crippen LogP contribution in [0.15, 0.2) is 42.6 Å². The van der Waals surface area contributed by atoms with Gasteiger partial charge in [0.05, 0.1) is 14.2 Å². The molecule has 2 aromatic carbocycles. The van der Waals surface area contributed by atoms with E-state index in [9.17, 15) is 4.79 Å². The third-order valence-corrected chi connectivity index (χ3v) is 7.34. The summed E-state index contributed by atoms with van der Waals surface area (Å²) >= 11 is 0. The van der Waals surface area contributed by atoms with Gasteiger partial charge in [-0.3, -0.25) is 4.79 Å². The summed E-state index contributed by atoms with van der Waals surface area (Å²) in [6.45, 7) is 5.99. The molecule has 34 heavy (non-hydrogen) atoms. The van der Waals surface area contributed by atoms with Crippen LogP contribution in [0.5, 0.6) is 11.5 Å². The molecule has 0 aliphatic carbocycles. The van der Waals surface area contributed by atoms with Gasteiger partial charge in [0.1, 0.15) is 0 Å². The lowest BCUT2D eigenvalue weighted by molar-refractivity contribution is -0.127. The van der Waals surface area contributed by atoms with Crippen LogP contribution < -0.4 is 14.4 Å². The molecule has 1 amide bonds. The number of hydrogen-bond donors (Lipinski definition) is 0. The molecule has 1 saturated heterocycles. The third-order valence-electron chi connectivity index (χ3n) is 7.34. The molecule has 2 aliphatic heterocycles. The first-order valence-corrected chi connectivity index (χ1v) is 12.1. The van der Waals surface area contributed by atoms with Crippen LogP contribution in [-0.2, 0) is 11.2 Å². The number of nitrogens with zero attached hydrogens (tertiary/aromatic N) is 3. The van der Waals surface area contributed by atoms with Crippen molar-refractivity contribution < 1.29 is 14.3 Å². The number of benzene rings is 2. The number of likely N-dealkylation sites (tertiary alicyclic amines) is 1. The molecule has 4 rings (SSSR count). The minimum absolute atomic E-state index is 0.0374. The number of carbonyl (C=O) groups excluding carboxylic acids is 1. The Balaban J connectivity index is 1.72. The van der Waals surface area contributed by atoms with Gasteiger partial charge in [-0.1, -0.05) is 12.1 Å². The van der Waals surface area contributed by atoms with Crippen molar-refractivity contribution in [3.05, 3.63) is 59.3 Å². The van der Waals surface area contributed by atoms with Gasteiger partial charge < -0.3 is 24.2 Å². The van der Waals surface area contributed by atoms with Gasteiger partial charge in [-0.15, -0.1) is 0 Å². The Labute approximate surface area is 203 Å². The van der Waals surface area contributed by atoms with E-state index < -0.39 is 0 Å². The fourth-order valence-corrected chi connectivity index (χ4v) is 5.19. The summed E-state index contributed by atoms with van der Waals surface area (Å²) in [6, 6.07) is 13.4. The number of piperidine rings is 1. The highest BCUT2D eigenvalue weighted by molar-refractivity contribution is 5.87. The summed E-state index contributed by atoms with van der Waals surface area (Å²) < 4.78 is 11.2. The third kappa shape index (κ3) is 4.78. The van der Waals surface area contributed by atoms with Crippen LogP contribution in [0.1, 0.15) is 43.4 Å². The number of amides is 1. The van der Waals surface area contributed by atoms with Gasteiger partial charge in [-0.2, -0.15) is 0 Å². The van der Waals surface area contributed by atoms with Crippen LogP contribution in [0.25, 0.3) is 5.57 Å². The number of hydrogen-bond acceptors (Lipinski definition) is 5. The molecule has 2 heterocycles. The highest BCUT2D eigenvalue weighted by Gasteiger charge is 2.26. The van der Waals surface area contributed by atoms with Crippen LogP contribution in [0.2, 0.25) is 0 Å². The topological polar surface area (TPSA) is 45.3 Å². The van der Waals surface area contributed by atoms with E-state index in [1.165, 1.54) is 18.5 Å². The minimum atomic E-state index is 0.0374. The first-order chi connectivity index (χ1) is 16.3. The molecule has 0 N–H and O–H groups in total. The molecule has 6 nitrogen and oxygen atoms in total. The van der Waals surface area contributed by atoms with E-state index in [-0.39, 0.29) is 11.9 Å². The summed E-state index contributed by atoms with van der Waals surface area (Å²) in [5.74, 6) is 1.43. The van der Waals surface area contributed by atoms with Crippen molar-refractivity contribution in [3.63, 3.8) is 0 Å². The van der Waals surface area contributed by atoms with Crippen LogP contribution in [0.4, 0.5) is 5.69 Å². The Hall–Kier alpha value is -2.99. The zero-order valence-electron chi connectivity index (χ0n) is 21.3. The van der Waals surface area contributed by atoms with Crippen LogP contribution in [0.3, 0.4) is 0 Å². The van der Waals surface area contributed by atoms with Crippen molar-refractivity contribution in [2.24, 2.45) is 0 Å². The number of anilines is 1. The van der Waals surface area contributed by atoms with E-state index in [1.807, 2.05) is 23.2 Å². The van der Waals surface area contributed by atoms with Crippen LogP contribution in [0, 0.1) is 0 Å². The minimum Gasteiger partial charge on any atom is -0.493 e. The fraction of sp³-hybridized carbons (Fsp3) is 0.464. The lowest BCUT2D eigenvalue weighted by atomic mass is 9.92. The maximum atomic E-state index is 12.5. The van der Waals surface area contributed by atoms with Gasteiger partial charge in [-0.25, -0.2) is 0 Å². The molecule has 2 aliphatic rings. The van der Waals surface area contributed by atoms with Crippen LogP contribution >= 0.6 is 0 Å². The normalized spacial score (nSPS) is 19.2. The fourth-order valence-electron chi connectivity index (χ4n) is 5.19. The lowest BCUT2D eigenvalue weighted by Crippen LogP contribution is -2.41. The van der Waals surface area contributed by atoms with E-state index in [4.69, 9.17) is 9.47 Å². The van der Waals surface area contributed by atoms with E-state index >= 15 is 0 Å². The number of rotatable bonds is 5. The van der Waals surface area contributed by atoms with Gasteiger partial charge >= 0.3 is 0 Å². The summed E-state index contributed by atoms with van der Waals surface area (Å²) in [5, 5.41) is 0. The first-order valence-electron chi connectivity index (χ1n) is 12.1. The lowest BCUT2D eigenvalue weighted by Gasteiger charge is -2.36. The summed E-state index contributed by atoms with van der Waals surface area (Å²) in [7, 11) is 7.70. The number of fused-ring (bicyclic) bond motifs is 1. The molecule has 0 aromatic heterocycles. The molecule has 1 atom stereocenters. The van der Waals surface area contributed by atoms with Crippen LogP contribution in [-0.4, -0.2) is 69.2 Å². The Morgan fingerprint density at radius 2 is 1.65 bits per heavy atom. The number of ether oxygens (including phenoxy) is 2. The second kappa shape index (κ2) is 10.1. The molecule has 0 spiro atoms. The first kappa shape index (κ1) is 24.1. The average molecular weight is 464 g/mol. The van der Waals surface area contributed by atoms with Gasteiger partial charge in [-0.05, 0) is 87.3 Å². The van der Waals surface area contributed by atoms with Gasteiger partial charge in [0.25, 0.3) is 0 Å². The molecular formula is C28H37N3O3. The Bertz CT molecular complexity index is 1060. The zero-order chi connectivity index (χ0) is 24.4. The molecule has 182 valence electrons. The molecule has 0 bridgehead atoms. The monoisotopic (exact) mass is 463 g/mol. The Kier molecular flexibility index (Phi) is 7.17. The van der Waals surface area contributed by atoms with Crippen molar-refractivity contribution in [1.29, 1.82) is 0 Å². The SMILES string of the molecule is COc1cc2c(cc1OC)C(c1ccc(N(C)C3CCN(C)CC3)cc1)=CN(C(C)=O)C(C)C2. The largest absolute Gasteiger partial charge is 0.493 e. The molecule has 0 saturated carbocycles. The van der Waals surface area contributed by atoms with E-state index in [1.54, 1.807) is 21.1 Å². The predicted molar refractivity (Wildman–Crippen MR) is 138 cm³/mol. The number of methoxy groups -OCH3 is 2. The van der Waals surface area contributed by atoms with E-state index in [0.717, 1.165) is 41.8 Å². The van der Waals surface area contributed by atoms with Gasteiger partial charge in [0.15, 0.2) is 11.5 Å². The Morgan fingerprint density at radius 1 is 1.03 bits per heavy atom. The van der Waals surface area contributed by atoms with Gasteiger partial charge in [0, 0.05) is 43.5 Å². The highest BCUT2D eigenvalue weighted by Crippen LogP contribution is 2.39. The highest BCUT2D eigenvalue weighted by atomic mass is 16.5. The summed E-state index contributed by atoms with van der Waals surface area (Å²) in [6.07, 6.45) is 5.10. The number of carbonyl (C=O) groups is 1. The smallest absolute Gasteiger partial charge is 0.223 e. The predicted octanol–water partition coefficient (Wildman–Crippen LogP) is 4.42. The Morgan fingerprint density at radius 3 is 2.24 bits per heavy atom. The van der Waals surface area contributed by atoms with Crippen molar-refractivity contribution in [1.82, 2.24) is 9.80 Å². The van der Waals surface area contributed by atoms with Crippen molar-refractivity contribution in [3.8, 4) is 11.5 Å². The van der Waals surface area contributed by atoms with Crippen molar-refractivity contribution >= 4 is 17.2 Å². The quantitative estimate of drug-likeness (QED) is 0.657. The molecule has 6 heteroatoms. The van der Waals surface area contributed by atoms with Crippen molar-refractivity contribution in [2.75, 3.05) is 46.3 Å². The summed E-state index contributed by atoms with van der Waals surface area (Å²) in [5.41, 5.74) is 5.53. The van der Waals surface area contributed by atoms with Gasteiger partial charge in [0.2, 0.25) is 5.91 Å². The molecule has 0 radical (unpaired) electrons.